The lowest BCUT2D eigenvalue weighted by atomic mass is 10.2. The molecule has 21 heavy (non-hydrogen) atoms. The summed E-state index contributed by atoms with van der Waals surface area (Å²) < 4.78 is 13.0. The van der Waals surface area contributed by atoms with Gasteiger partial charge in [-0.15, -0.1) is 22.7 Å². The Morgan fingerprint density at radius 1 is 1.10 bits per heavy atom. The molecule has 2 heterocycles. The van der Waals surface area contributed by atoms with Gasteiger partial charge < -0.3 is 0 Å². The van der Waals surface area contributed by atoms with Crippen molar-refractivity contribution in [3.8, 4) is 20.5 Å². The molecule has 1 aliphatic carbocycles. The summed E-state index contributed by atoms with van der Waals surface area (Å²) in [6, 6.07) is 6.53. The Balaban J connectivity index is 1.67. The van der Waals surface area contributed by atoms with Gasteiger partial charge in [0.15, 0.2) is 10.0 Å². The second-order valence-electron chi connectivity index (χ2n) is 5.28. The Labute approximate surface area is 130 Å². The average Bonchev–Trinajstić information content (AvgIpc) is 3.07. The highest BCUT2D eigenvalue weighted by Crippen LogP contribution is 2.46. The van der Waals surface area contributed by atoms with Gasteiger partial charge in [-0.1, -0.05) is 12.1 Å². The Morgan fingerprint density at radius 3 is 2.57 bits per heavy atom. The first-order valence-electron chi connectivity index (χ1n) is 6.90. The van der Waals surface area contributed by atoms with E-state index in [2.05, 4.69) is 16.9 Å². The lowest BCUT2D eigenvalue weighted by Crippen LogP contribution is -1.77. The first-order valence-corrected chi connectivity index (χ1v) is 8.53. The number of halogens is 1. The van der Waals surface area contributed by atoms with E-state index in [1.807, 2.05) is 6.20 Å². The molecule has 106 valence electrons. The topological polar surface area (TPSA) is 25.8 Å². The van der Waals surface area contributed by atoms with E-state index in [1.165, 1.54) is 29.9 Å². The average molecular weight is 316 g/mol. The van der Waals surface area contributed by atoms with Gasteiger partial charge in [0.2, 0.25) is 0 Å². The third kappa shape index (κ3) is 2.51. The minimum Gasteiger partial charge on any atom is -0.241 e. The molecule has 0 aliphatic heterocycles. The van der Waals surface area contributed by atoms with Crippen molar-refractivity contribution in [1.29, 1.82) is 0 Å². The largest absolute Gasteiger partial charge is 0.241 e. The van der Waals surface area contributed by atoms with E-state index in [1.54, 1.807) is 34.8 Å². The standard InChI is InChI=1S/C16H13FN2S2/c1-9-14(11-2-3-11)21-16(19-9)15-18-8-13(20-15)10-4-6-12(17)7-5-10/h4-8,11H,2-3H2,1H3. The third-order valence-corrected chi connectivity index (χ3v) is 6.11. The zero-order chi connectivity index (χ0) is 14.4. The summed E-state index contributed by atoms with van der Waals surface area (Å²) >= 11 is 3.38. The molecule has 1 aliphatic rings. The highest BCUT2D eigenvalue weighted by molar-refractivity contribution is 7.23. The van der Waals surface area contributed by atoms with Crippen LogP contribution in [0, 0.1) is 12.7 Å². The molecule has 0 unspecified atom stereocenters. The second kappa shape index (κ2) is 5.00. The molecular weight excluding hydrogens is 303 g/mol. The molecule has 1 saturated carbocycles. The van der Waals surface area contributed by atoms with Gasteiger partial charge in [-0.05, 0) is 43.4 Å². The first-order chi connectivity index (χ1) is 10.2. The predicted octanol–water partition coefficient (Wildman–Crippen LogP) is 5.26. The molecule has 4 rings (SSSR count). The van der Waals surface area contributed by atoms with Crippen LogP contribution in [0.2, 0.25) is 0 Å². The van der Waals surface area contributed by atoms with E-state index in [9.17, 15) is 4.39 Å². The number of hydrogen-bond donors (Lipinski definition) is 0. The summed E-state index contributed by atoms with van der Waals surface area (Å²) in [7, 11) is 0. The third-order valence-electron chi connectivity index (χ3n) is 3.60. The van der Waals surface area contributed by atoms with Crippen molar-refractivity contribution in [2.24, 2.45) is 0 Å². The number of rotatable bonds is 3. The minimum absolute atomic E-state index is 0.215. The summed E-state index contributed by atoms with van der Waals surface area (Å²) in [6.07, 6.45) is 4.43. The summed E-state index contributed by atoms with van der Waals surface area (Å²) in [5.41, 5.74) is 2.15. The van der Waals surface area contributed by atoms with Crippen LogP contribution in [-0.2, 0) is 0 Å². The van der Waals surface area contributed by atoms with Crippen molar-refractivity contribution in [3.63, 3.8) is 0 Å². The van der Waals surface area contributed by atoms with Crippen molar-refractivity contribution < 1.29 is 4.39 Å². The Hall–Kier alpha value is -1.59. The molecule has 5 heteroatoms. The summed E-state index contributed by atoms with van der Waals surface area (Å²) in [5, 5.41) is 1.96. The first kappa shape index (κ1) is 13.1. The molecule has 1 fully saturated rings. The Morgan fingerprint density at radius 2 is 1.86 bits per heavy atom. The SMILES string of the molecule is Cc1nc(-c2ncc(-c3ccc(F)cc3)s2)sc1C1CC1. The molecular formula is C16H13FN2S2. The van der Waals surface area contributed by atoms with E-state index < -0.39 is 0 Å². The summed E-state index contributed by atoms with van der Waals surface area (Å²) in [5.74, 6) is 0.515. The van der Waals surface area contributed by atoms with Gasteiger partial charge in [0.1, 0.15) is 5.82 Å². The maximum absolute atomic E-state index is 13.0. The van der Waals surface area contributed by atoms with Crippen LogP contribution in [0.4, 0.5) is 4.39 Å². The lowest BCUT2D eigenvalue weighted by molar-refractivity contribution is 0.628. The molecule has 0 saturated heterocycles. The fourth-order valence-electron chi connectivity index (χ4n) is 2.34. The highest BCUT2D eigenvalue weighted by Gasteiger charge is 2.28. The van der Waals surface area contributed by atoms with Gasteiger partial charge in [-0.25, -0.2) is 14.4 Å². The number of aromatic nitrogens is 2. The van der Waals surface area contributed by atoms with Crippen molar-refractivity contribution in [3.05, 3.63) is 46.9 Å². The number of hydrogen-bond acceptors (Lipinski definition) is 4. The monoisotopic (exact) mass is 316 g/mol. The fraction of sp³-hybridized carbons (Fsp3) is 0.250. The van der Waals surface area contributed by atoms with E-state index >= 15 is 0 Å². The van der Waals surface area contributed by atoms with E-state index in [-0.39, 0.29) is 5.82 Å². The summed E-state index contributed by atoms with van der Waals surface area (Å²) in [4.78, 5) is 11.6. The zero-order valence-corrected chi connectivity index (χ0v) is 13.1. The van der Waals surface area contributed by atoms with E-state index in [0.717, 1.165) is 32.1 Å². The van der Waals surface area contributed by atoms with Crippen LogP contribution in [0.5, 0.6) is 0 Å². The van der Waals surface area contributed by atoms with Crippen molar-refractivity contribution >= 4 is 22.7 Å². The molecule has 0 N–H and O–H groups in total. The Kier molecular flexibility index (Phi) is 3.12. The number of benzene rings is 1. The van der Waals surface area contributed by atoms with Crippen LogP contribution >= 0.6 is 22.7 Å². The fourth-order valence-corrected chi connectivity index (χ4v) is 4.53. The maximum Gasteiger partial charge on any atom is 0.152 e. The van der Waals surface area contributed by atoms with Gasteiger partial charge in [0, 0.05) is 11.1 Å². The van der Waals surface area contributed by atoms with Gasteiger partial charge in [0.05, 0.1) is 10.6 Å². The molecule has 0 atom stereocenters. The van der Waals surface area contributed by atoms with Crippen LogP contribution in [0.1, 0.15) is 29.3 Å². The van der Waals surface area contributed by atoms with E-state index in [0.29, 0.717) is 0 Å². The quantitative estimate of drug-likeness (QED) is 0.659. The summed E-state index contributed by atoms with van der Waals surface area (Å²) in [6.45, 7) is 2.09. The molecule has 0 radical (unpaired) electrons. The van der Waals surface area contributed by atoms with Crippen molar-refractivity contribution in [2.75, 3.05) is 0 Å². The molecule has 2 nitrogen and oxygen atoms in total. The zero-order valence-electron chi connectivity index (χ0n) is 11.5. The van der Waals surface area contributed by atoms with Crippen LogP contribution in [0.25, 0.3) is 20.5 Å². The van der Waals surface area contributed by atoms with Crippen LogP contribution in [-0.4, -0.2) is 9.97 Å². The van der Waals surface area contributed by atoms with Gasteiger partial charge >= 0.3 is 0 Å². The molecule has 0 amide bonds. The second-order valence-corrected chi connectivity index (χ2v) is 7.34. The Bertz CT molecular complexity index is 785. The lowest BCUT2D eigenvalue weighted by Gasteiger charge is -1.94. The smallest absolute Gasteiger partial charge is 0.152 e. The molecule has 2 aromatic heterocycles. The van der Waals surface area contributed by atoms with Crippen molar-refractivity contribution in [2.45, 2.75) is 25.7 Å². The molecule has 0 spiro atoms. The van der Waals surface area contributed by atoms with Crippen molar-refractivity contribution in [1.82, 2.24) is 9.97 Å². The van der Waals surface area contributed by atoms with Crippen LogP contribution in [0.3, 0.4) is 0 Å². The minimum atomic E-state index is -0.215. The van der Waals surface area contributed by atoms with Gasteiger partial charge in [-0.2, -0.15) is 0 Å². The van der Waals surface area contributed by atoms with Crippen LogP contribution < -0.4 is 0 Å². The van der Waals surface area contributed by atoms with Crippen LogP contribution in [0.15, 0.2) is 30.5 Å². The molecule has 1 aromatic carbocycles. The molecule has 0 bridgehead atoms. The maximum atomic E-state index is 13.0. The molecule has 3 aromatic rings. The highest BCUT2D eigenvalue weighted by atomic mass is 32.1. The predicted molar refractivity (Wildman–Crippen MR) is 85.3 cm³/mol. The van der Waals surface area contributed by atoms with E-state index in [4.69, 9.17) is 0 Å². The number of nitrogens with zero attached hydrogens (tertiary/aromatic N) is 2. The normalized spacial score (nSPS) is 14.6. The van der Waals surface area contributed by atoms with Gasteiger partial charge in [0.25, 0.3) is 0 Å². The number of aryl methyl sites for hydroxylation is 1. The van der Waals surface area contributed by atoms with Gasteiger partial charge in [-0.3, -0.25) is 0 Å². The number of thiazole rings is 2.